The first-order chi connectivity index (χ1) is 7.88. The molecule has 0 aliphatic carbocycles. The molecule has 0 N–H and O–H groups in total. The third-order valence-electron chi connectivity index (χ3n) is 3.08. The van der Waals surface area contributed by atoms with Gasteiger partial charge in [0.15, 0.2) is 5.13 Å². The summed E-state index contributed by atoms with van der Waals surface area (Å²) in [6.07, 6.45) is 2.56. The van der Waals surface area contributed by atoms with Crippen LogP contribution in [0.1, 0.15) is 12.8 Å². The molecule has 1 aliphatic rings. The number of fused-ring (bicyclic) bond motifs is 1. The monoisotopic (exact) mass is 296 g/mol. The van der Waals surface area contributed by atoms with E-state index in [9.17, 15) is 0 Å². The summed E-state index contributed by atoms with van der Waals surface area (Å²) < 4.78 is 1.29. The van der Waals surface area contributed by atoms with E-state index in [0.29, 0.717) is 6.04 Å². The summed E-state index contributed by atoms with van der Waals surface area (Å²) in [7, 11) is 0. The minimum atomic E-state index is 0.626. The van der Waals surface area contributed by atoms with Crippen LogP contribution in [0.3, 0.4) is 0 Å². The Morgan fingerprint density at radius 2 is 2.31 bits per heavy atom. The number of halogens is 1. The lowest BCUT2D eigenvalue weighted by molar-refractivity contribution is 0.748. The summed E-state index contributed by atoms with van der Waals surface area (Å²) in [5.74, 6) is 0. The van der Waals surface area contributed by atoms with Crippen LogP contribution in [-0.4, -0.2) is 22.9 Å². The fraction of sp³-hybridized carbons (Fsp3) is 0.417. The Balaban J connectivity index is 1.99. The van der Waals surface area contributed by atoms with Gasteiger partial charge in [-0.1, -0.05) is 39.4 Å². The summed E-state index contributed by atoms with van der Waals surface area (Å²) in [5, 5.41) is 2.23. The topological polar surface area (TPSA) is 16.1 Å². The molecule has 2 heterocycles. The number of rotatable bonds is 2. The van der Waals surface area contributed by atoms with Crippen LogP contribution < -0.4 is 4.90 Å². The van der Waals surface area contributed by atoms with Crippen molar-refractivity contribution >= 4 is 42.6 Å². The zero-order valence-corrected chi connectivity index (χ0v) is 11.3. The van der Waals surface area contributed by atoms with Gasteiger partial charge in [0.05, 0.1) is 10.2 Å². The Bertz CT molecular complexity index is 463. The quantitative estimate of drug-likeness (QED) is 0.786. The average molecular weight is 297 g/mol. The molecular formula is C12H13BrN2S. The van der Waals surface area contributed by atoms with Gasteiger partial charge in [0.25, 0.3) is 0 Å². The molecule has 1 aliphatic heterocycles. The molecule has 1 aromatic heterocycles. The van der Waals surface area contributed by atoms with Crippen molar-refractivity contribution < 1.29 is 0 Å². The predicted octanol–water partition coefficient (Wildman–Crippen LogP) is 3.66. The fourth-order valence-electron chi connectivity index (χ4n) is 2.23. The first-order valence-electron chi connectivity index (χ1n) is 5.56. The second-order valence-electron chi connectivity index (χ2n) is 4.11. The van der Waals surface area contributed by atoms with Gasteiger partial charge in [0, 0.05) is 17.9 Å². The predicted molar refractivity (Wildman–Crippen MR) is 73.8 cm³/mol. The summed E-state index contributed by atoms with van der Waals surface area (Å²) in [6.45, 7) is 1.15. The van der Waals surface area contributed by atoms with Crippen molar-refractivity contribution in [2.75, 3.05) is 16.8 Å². The van der Waals surface area contributed by atoms with Crippen LogP contribution in [0, 0.1) is 0 Å². The van der Waals surface area contributed by atoms with Crippen LogP contribution in [0.15, 0.2) is 24.3 Å². The van der Waals surface area contributed by atoms with E-state index in [-0.39, 0.29) is 0 Å². The van der Waals surface area contributed by atoms with Crippen LogP contribution in [0.2, 0.25) is 0 Å². The standard InChI is InChI=1S/C12H13BrN2S/c13-8-9-4-3-7-15(9)12-14-10-5-1-2-6-11(10)16-12/h1-2,5-6,9H,3-4,7-8H2. The first kappa shape index (κ1) is 10.5. The van der Waals surface area contributed by atoms with E-state index in [1.807, 2.05) is 11.3 Å². The molecule has 1 unspecified atom stereocenters. The maximum atomic E-state index is 4.72. The minimum absolute atomic E-state index is 0.626. The lowest BCUT2D eigenvalue weighted by atomic mass is 10.2. The smallest absolute Gasteiger partial charge is 0.186 e. The van der Waals surface area contributed by atoms with Gasteiger partial charge in [-0.25, -0.2) is 4.98 Å². The lowest BCUT2D eigenvalue weighted by Crippen LogP contribution is -2.30. The van der Waals surface area contributed by atoms with E-state index >= 15 is 0 Å². The van der Waals surface area contributed by atoms with E-state index in [0.717, 1.165) is 17.4 Å². The first-order valence-corrected chi connectivity index (χ1v) is 7.50. The number of hydrogen-bond acceptors (Lipinski definition) is 3. The van der Waals surface area contributed by atoms with Gasteiger partial charge >= 0.3 is 0 Å². The molecule has 16 heavy (non-hydrogen) atoms. The van der Waals surface area contributed by atoms with E-state index in [4.69, 9.17) is 4.98 Å². The van der Waals surface area contributed by atoms with Crippen LogP contribution in [-0.2, 0) is 0 Å². The van der Waals surface area contributed by atoms with Crippen LogP contribution in [0.5, 0.6) is 0 Å². The third kappa shape index (κ3) is 1.74. The molecule has 3 rings (SSSR count). The van der Waals surface area contributed by atoms with Gasteiger partial charge in [0.2, 0.25) is 0 Å². The zero-order chi connectivity index (χ0) is 11.0. The second kappa shape index (κ2) is 4.34. The van der Waals surface area contributed by atoms with Gasteiger partial charge in [-0.2, -0.15) is 0 Å². The van der Waals surface area contributed by atoms with Crippen LogP contribution >= 0.6 is 27.3 Å². The lowest BCUT2D eigenvalue weighted by Gasteiger charge is -2.21. The maximum absolute atomic E-state index is 4.72. The average Bonchev–Trinajstić information content (AvgIpc) is 2.94. The Hall–Kier alpha value is -0.610. The van der Waals surface area contributed by atoms with Crippen LogP contribution in [0.4, 0.5) is 5.13 Å². The number of aromatic nitrogens is 1. The summed E-state index contributed by atoms with van der Waals surface area (Å²) in [5.41, 5.74) is 1.13. The molecule has 2 nitrogen and oxygen atoms in total. The molecule has 2 aromatic rings. The highest BCUT2D eigenvalue weighted by molar-refractivity contribution is 9.09. The van der Waals surface area contributed by atoms with Gasteiger partial charge in [-0.05, 0) is 25.0 Å². The highest BCUT2D eigenvalue weighted by Crippen LogP contribution is 2.33. The Morgan fingerprint density at radius 1 is 1.44 bits per heavy atom. The molecule has 1 fully saturated rings. The molecule has 1 atom stereocenters. The van der Waals surface area contributed by atoms with Crippen molar-refractivity contribution in [2.24, 2.45) is 0 Å². The fourth-order valence-corrected chi connectivity index (χ4v) is 3.97. The molecule has 0 saturated carbocycles. The Morgan fingerprint density at radius 3 is 3.12 bits per heavy atom. The number of thiazole rings is 1. The van der Waals surface area contributed by atoms with E-state index in [1.165, 1.54) is 22.7 Å². The van der Waals surface area contributed by atoms with E-state index < -0.39 is 0 Å². The van der Waals surface area contributed by atoms with Gasteiger partial charge in [0.1, 0.15) is 0 Å². The second-order valence-corrected chi connectivity index (χ2v) is 5.76. The van der Waals surface area contributed by atoms with Gasteiger partial charge in [-0.3, -0.25) is 0 Å². The number of para-hydroxylation sites is 1. The van der Waals surface area contributed by atoms with Gasteiger partial charge in [-0.15, -0.1) is 0 Å². The molecule has 1 saturated heterocycles. The molecule has 1 aromatic carbocycles. The highest BCUT2D eigenvalue weighted by Gasteiger charge is 2.25. The molecule has 4 heteroatoms. The van der Waals surface area contributed by atoms with Crippen molar-refractivity contribution in [3.63, 3.8) is 0 Å². The molecule has 84 valence electrons. The highest BCUT2D eigenvalue weighted by atomic mass is 79.9. The van der Waals surface area contributed by atoms with Crippen molar-refractivity contribution in [1.82, 2.24) is 4.98 Å². The summed E-state index contributed by atoms with van der Waals surface area (Å²) in [4.78, 5) is 7.16. The molecular weight excluding hydrogens is 284 g/mol. The van der Waals surface area contributed by atoms with Crippen LogP contribution in [0.25, 0.3) is 10.2 Å². The number of nitrogens with zero attached hydrogens (tertiary/aromatic N) is 2. The Labute approximate surface area is 107 Å². The van der Waals surface area contributed by atoms with E-state index in [2.05, 4.69) is 45.1 Å². The van der Waals surface area contributed by atoms with Crippen molar-refractivity contribution in [2.45, 2.75) is 18.9 Å². The normalized spacial score (nSPS) is 20.8. The van der Waals surface area contributed by atoms with Gasteiger partial charge < -0.3 is 4.90 Å². The molecule has 0 radical (unpaired) electrons. The molecule has 0 amide bonds. The minimum Gasteiger partial charge on any atom is -0.344 e. The maximum Gasteiger partial charge on any atom is 0.186 e. The Kier molecular flexibility index (Phi) is 2.86. The number of anilines is 1. The summed E-state index contributed by atoms with van der Waals surface area (Å²) in [6, 6.07) is 9.00. The SMILES string of the molecule is BrCC1CCCN1c1nc2ccccc2s1. The van der Waals surface area contributed by atoms with Crippen molar-refractivity contribution in [1.29, 1.82) is 0 Å². The number of hydrogen-bond donors (Lipinski definition) is 0. The number of benzene rings is 1. The molecule has 0 bridgehead atoms. The third-order valence-corrected chi connectivity index (χ3v) is 4.90. The van der Waals surface area contributed by atoms with Crippen molar-refractivity contribution in [3.8, 4) is 0 Å². The molecule has 0 spiro atoms. The number of alkyl halides is 1. The summed E-state index contributed by atoms with van der Waals surface area (Å²) >= 11 is 5.40. The van der Waals surface area contributed by atoms with Crippen molar-refractivity contribution in [3.05, 3.63) is 24.3 Å². The largest absolute Gasteiger partial charge is 0.344 e. The zero-order valence-electron chi connectivity index (χ0n) is 8.90. The van der Waals surface area contributed by atoms with E-state index in [1.54, 1.807) is 0 Å².